The van der Waals surface area contributed by atoms with Crippen LogP contribution in [0.15, 0.2) is 90.0 Å². The summed E-state index contributed by atoms with van der Waals surface area (Å²) in [6, 6.07) is 24.3. The second-order valence-electron chi connectivity index (χ2n) is 9.06. The van der Waals surface area contributed by atoms with E-state index in [4.69, 9.17) is 21.1 Å². The van der Waals surface area contributed by atoms with Crippen LogP contribution >= 0.6 is 11.6 Å². The first kappa shape index (κ1) is 24.6. The average molecular weight is 523 g/mol. The Morgan fingerprint density at radius 3 is 2.50 bits per heavy atom. The third-order valence-electron chi connectivity index (χ3n) is 6.65. The van der Waals surface area contributed by atoms with Crippen LogP contribution in [0, 0.1) is 0 Å². The van der Waals surface area contributed by atoms with Gasteiger partial charge in [-0.05, 0) is 77.1 Å². The maximum atomic E-state index is 12.9. The van der Waals surface area contributed by atoms with Gasteiger partial charge in [0, 0.05) is 0 Å². The summed E-state index contributed by atoms with van der Waals surface area (Å²) in [5.41, 5.74) is 4.58. The van der Waals surface area contributed by atoms with Gasteiger partial charge in [-0.15, -0.1) is 0 Å². The van der Waals surface area contributed by atoms with E-state index in [0.717, 1.165) is 27.8 Å². The van der Waals surface area contributed by atoms with Gasteiger partial charge in [0.2, 0.25) is 0 Å². The van der Waals surface area contributed by atoms with Crippen LogP contribution in [-0.4, -0.2) is 43.8 Å². The number of phenols is 1. The van der Waals surface area contributed by atoms with E-state index in [-0.39, 0.29) is 30.8 Å². The lowest BCUT2D eigenvalue weighted by molar-refractivity contribution is 0.118. The molecule has 36 heavy (non-hydrogen) atoms. The number of aromatic hydroxyl groups is 1. The molecule has 186 valence electrons. The topological polar surface area (TPSA) is 72.8 Å². The summed E-state index contributed by atoms with van der Waals surface area (Å²) in [5, 5.41) is 9.59. The van der Waals surface area contributed by atoms with Crippen molar-refractivity contribution in [1.82, 2.24) is 0 Å². The summed E-state index contributed by atoms with van der Waals surface area (Å²) in [5.74, 6) is 0.843. The number of rotatable bonds is 8. The zero-order valence-electron chi connectivity index (χ0n) is 19.6. The van der Waals surface area contributed by atoms with Gasteiger partial charge in [-0.3, -0.25) is 0 Å². The van der Waals surface area contributed by atoms with Crippen molar-refractivity contribution in [2.24, 2.45) is 0 Å². The van der Waals surface area contributed by atoms with Crippen molar-refractivity contribution in [1.29, 1.82) is 0 Å². The van der Waals surface area contributed by atoms with Crippen LogP contribution in [0.4, 0.5) is 0 Å². The predicted molar refractivity (Wildman–Crippen MR) is 143 cm³/mol. The average Bonchev–Trinajstić information content (AvgIpc) is 3.42. The molecule has 0 spiro atoms. The Hall–Kier alpha value is -3.06. The minimum Gasteiger partial charge on any atom is -0.508 e. The van der Waals surface area contributed by atoms with Gasteiger partial charge in [-0.1, -0.05) is 60.1 Å². The van der Waals surface area contributed by atoms with E-state index in [9.17, 15) is 13.5 Å². The van der Waals surface area contributed by atoms with Crippen LogP contribution < -0.4 is 4.74 Å². The Labute approximate surface area is 216 Å². The number of hydrogen-bond donors (Lipinski definition) is 1. The Balaban J connectivity index is 1.39. The summed E-state index contributed by atoms with van der Waals surface area (Å²) < 4.78 is 37.7. The Kier molecular flexibility index (Phi) is 7.19. The number of phenolic OH excluding ortho intramolecular Hbond substituents is 1. The molecule has 0 saturated carbocycles. The molecule has 3 aromatic rings. The fourth-order valence-electron chi connectivity index (χ4n) is 4.88. The van der Waals surface area contributed by atoms with E-state index in [1.54, 1.807) is 12.1 Å². The molecule has 0 amide bonds. The first-order valence-corrected chi connectivity index (χ1v) is 14.0. The molecule has 0 radical (unpaired) electrons. The first-order valence-electron chi connectivity index (χ1n) is 11.9. The quantitative estimate of drug-likeness (QED) is 0.293. The third kappa shape index (κ3) is 5.36. The lowest BCUT2D eigenvalue weighted by atomic mass is 9.93. The maximum absolute atomic E-state index is 12.9. The molecule has 3 aromatic carbocycles. The minimum absolute atomic E-state index is 0.0180. The van der Waals surface area contributed by atoms with Gasteiger partial charge in [0.15, 0.2) is 9.84 Å². The summed E-state index contributed by atoms with van der Waals surface area (Å²) in [6.45, 7) is 0.421. The molecule has 5 nitrogen and oxygen atoms in total. The van der Waals surface area contributed by atoms with E-state index in [1.165, 1.54) is 6.07 Å². The van der Waals surface area contributed by atoms with Gasteiger partial charge in [0.1, 0.15) is 23.4 Å². The van der Waals surface area contributed by atoms with E-state index >= 15 is 0 Å². The van der Waals surface area contributed by atoms with Crippen LogP contribution in [-0.2, 0) is 14.6 Å². The van der Waals surface area contributed by atoms with Crippen molar-refractivity contribution in [2.75, 3.05) is 19.0 Å². The van der Waals surface area contributed by atoms with Crippen molar-refractivity contribution >= 4 is 33.1 Å². The van der Waals surface area contributed by atoms with Gasteiger partial charge < -0.3 is 14.6 Å². The predicted octanol–water partition coefficient (Wildman–Crippen LogP) is 5.94. The van der Waals surface area contributed by atoms with Gasteiger partial charge in [-0.25, -0.2) is 8.42 Å². The fourth-order valence-corrected chi connectivity index (χ4v) is 7.04. The molecule has 2 atom stereocenters. The molecule has 0 aromatic heterocycles. The van der Waals surface area contributed by atoms with Crippen LogP contribution in [0.25, 0.3) is 11.6 Å². The lowest BCUT2D eigenvalue weighted by Crippen LogP contribution is -2.19. The Morgan fingerprint density at radius 1 is 1.06 bits per heavy atom. The largest absolute Gasteiger partial charge is 0.508 e. The molecule has 7 heteroatoms. The molecule has 1 N–H and O–H groups in total. The van der Waals surface area contributed by atoms with E-state index in [2.05, 4.69) is 0 Å². The molecule has 1 fully saturated rings. The van der Waals surface area contributed by atoms with Crippen molar-refractivity contribution in [3.05, 3.63) is 106 Å². The maximum Gasteiger partial charge on any atom is 0.163 e. The molecular weight excluding hydrogens is 496 g/mol. The van der Waals surface area contributed by atoms with Gasteiger partial charge in [-0.2, -0.15) is 0 Å². The highest BCUT2D eigenvalue weighted by atomic mass is 35.5. The summed E-state index contributed by atoms with van der Waals surface area (Å²) >= 11 is 6.38. The molecule has 2 aliphatic heterocycles. The van der Waals surface area contributed by atoms with E-state index in [1.807, 2.05) is 66.7 Å². The van der Waals surface area contributed by atoms with Crippen LogP contribution in [0.2, 0.25) is 5.02 Å². The number of benzene rings is 3. The van der Waals surface area contributed by atoms with E-state index in [0.29, 0.717) is 23.6 Å². The molecular formula is C29H27ClO5S. The summed E-state index contributed by atoms with van der Waals surface area (Å²) in [6.07, 6.45) is 3.02. The standard InChI is InChI=1S/C29H27ClO5S/c30-26-16-24(31)13-11-22(26)15-21(20-7-3-1-4-8-20)12-14-27-29-23(17-34-25-9-5-2-6-10-25)19-36(32,33)28(29)18-35-27/h1-11,13,15-16,27-28,31H,12,14,17-19H2/b21-15-/t27-,28+/m1/s1. The highest BCUT2D eigenvalue weighted by Crippen LogP contribution is 2.39. The smallest absolute Gasteiger partial charge is 0.163 e. The number of halogens is 1. The lowest BCUT2D eigenvalue weighted by Gasteiger charge is -2.16. The number of sulfone groups is 1. The zero-order chi connectivity index (χ0) is 25.1. The van der Waals surface area contributed by atoms with Crippen molar-refractivity contribution in [3.8, 4) is 11.5 Å². The van der Waals surface area contributed by atoms with Crippen LogP contribution in [0.3, 0.4) is 0 Å². The van der Waals surface area contributed by atoms with Crippen molar-refractivity contribution in [2.45, 2.75) is 24.2 Å². The molecule has 2 heterocycles. The number of allylic oxidation sites excluding steroid dienone is 1. The normalized spacial score (nSPS) is 21.0. The van der Waals surface area contributed by atoms with Crippen molar-refractivity contribution in [3.63, 3.8) is 0 Å². The van der Waals surface area contributed by atoms with E-state index < -0.39 is 15.1 Å². The molecule has 5 rings (SSSR count). The molecule has 2 aliphatic rings. The molecule has 0 bridgehead atoms. The second-order valence-corrected chi connectivity index (χ2v) is 11.6. The number of hydrogen-bond acceptors (Lipinski definition) is 5. The fraction of sp³-hybridized carbons (Fsp3) is 0.241. The van der Waals surface area contributed by atoms with Crippen LogP contribution in [0.1, 0.15) is 24.0 Å². The second kappa shape index (κ2) is 10.5. The third-order valence-corrected chi connectivity index (χ3v) is 8.99. The van der Waals surface area contributed by atoms with Crippen molar-refractivity contribution < 1.29 is 23.0 Å². The Bertz CT molecular complexity index is 1400. The number of fused-ring (bicyclic) bond motifs is 1. The summed E-state index contributed by atoms with van der Waals surface area (Å²) in [4.78, 5) is 0. The monoisotopic (exact) mass is 522 g/mol. The molecule has 1 saturated heterocycles. The van der Waals surface area contributed by atoms with Crippen LogP contribution in [0.5, 0.6) is 11.5 Å². The number of para-hydroxylation sites is 1. The zero-order valence-corrected chi connectivity index (χ0v) is 21.2. The molecule has 0 unspecified atom stereocenters. The summed E-state index contributed by atoms with van der Waals surface area (Å²) in [7, 11) is -3.29. The van der Waals surface area contributed by atoms with Gasteiger partial charge in [0.05, 0.1) is 23.5 Å². The highest BCUT2D eigenvalue weighted by molar-refractivity contribution is 7.92. The highest BCUT2D eigenvalue weighted by Gasteiger charge is 2.47. The first-order chi connectivity index (χ1) is 17.4. The SMILES string of the molecule is O=S1(=O)CC(COc2ccccc2)=C2[C@@H](CC/C(=C/c3ccc(O)cc3Cl)c3ccccc3)OC[C@@H]21. The minimum atomic E-state index is -3.29. The van der Waals surface area contributed by atoms with Gasteiger partial charge in [0.25, 0.3) is 0 Å². The van der Waals surface area contributed by atoms with Gasteiger partial charge >= 0.3 is 0 Å². The number of ether oxygens (including phenoxy) is 2. The Morgan fingerprint density at radius 2 is 1.78 bits per heavy atom. The molecule has 0 aliphatic carbocycles.